The van der Waals surface area contributed by atoms with Crippen LogP contribution in [0.5, 0.6) is 0 Å². The second-order valence-corrected chi connectivity index (χ2v) is 6.22. The molecule has 6 heteroatoms. The molecule has 1 aromatic rings. The Kier molecular flexibility index (Phi) is 5.80. The van der Waals surface area contributed by atoms with E-state index in [0.29, 0.717) is 24.3 Å². The molecule has 6 nitrogen and oxygen atoms in total. The van der Waals surface area contributed by atoms with Gasteiger partial charge in [-0.15, -0.1) is 0 Å². The molecule has 1 saturated heterocycles. The van der Waals surface area contributed by atoms with Crippen LogP contribution in [0.15, 0.2) is 24.3 Å². The van der Waals surface area contributed by atoms with Gasteiger partial charge in [-0.1, -0.05) is 6.07 Å². The molecule has 24 heavy (non-hydrogen) atoms. The smallest absolute Gasteiger partial charge is 0.409 e. The van der Waals surface area contributed by atoms with Gasteiger partial charge in [-0.05, 0) is 44.9 Å². The number of carbonyl (C=O) groups excluding carboxylic acids is 2. The Labute approximate surface area is 142 Å². The van der Waals surface area contributed by atoms with Gasteiger partial charge < -0.3 is 14.5 Å². The van der Waals surface area contributed by atoms with E-state index in [1.807, 2.05) is 19.9 Å². The molecule has 0 aliphatic carbocycles. The van der Waals surface area contributed by atoms with E-state index in [9.17, 15) is 9.59 Å². The lowest BCUT2D eigenvalue weighted by molar-refractivity contribution is -0.124. The third-order valence-corrected chi connectivity index (χ3v) is 4.21. The standard InChI is InChI=1S/C18H23N3O3/c1-13(2)21(16-8-4-6-14(10-16)11-19)17(22)15-7-5-9-20(12-15)18(23)24-3/h4,6,8,10,13,15H,5,7,9,12H2,1-3H3. The fourth-order valence-corrected chi connectivity index (χ4v) is 3.08. The topological polar surface area (TPSA) is 73.6 Å². The summed E-state index contributed by atoms with van der Waals surface area (Å²) < 4.78 is 4.77. The number of hydrogen-bond donors (Lipinski definition) is 0. The van der Waals surface area contributed by atoms with Crippen LogP contribution < -0.4 is 4.90 Å². The quantitative estimate of drug-likeness (QED) is 0.854. The van der Waals surface area contributed by atoms with E-state index in [0.717, 1.165) is 12.8 Å². The molecule has 1 atom stereocenters. The van der Waals surface area contributed by atoms with E-state index < -0.39 is 6.09 Å². The van der Waals surface area contributed by atoms with Crippen LogP contribution in [0.1, 0.15) is 32.3 Å². The largest absolute Gasteiger partial charge is 0.453 e. The van der Waals surface area contributed by atoms with Gasteiger partial charge in [-0.25, -0.2) is 4.79 Å². The lowest BCUT2D eigenvalue weighted by Crippen LogP contribution is -2.48. The van der Waals surface area contributed by atoms with Crippen molar-refractivity contribution in [2.45, 2.75) is 32.7 Å². The number of anilines is 1. The molecule has 1 heterocycles. The predicted molar refractivity (Wildman–Crippen MR) is 90.5 cm³/mol. The Morgan fingerprint density at radius 1 is 1.42 bits per heavy atom. The van der Waals surface area contributed by atoms with Crippen LogP contribution in [0, 0.1) is 17.2 Å². The molecule has 2 amide bonds. The molecule has 0 aromatic heterocycles. The zero-order valence-corrected chi connectivity index (χ0v) is 14.4. The summed E-state index contributed by atoms with van der Waals surface area (Å²) in [6.07, 6.45) is 1.12. The number of benzene rings is 1. The number of likely N-dealkylation sites (tertiary alicyclic amines) is 1. The molecule has 0 radical (unpaired) electrons. The second kappa shape index (κ2) is 7.82. The molecule has 1 aliphatic heterocycles. The predicted octanol–water partition coefficient (Wildman–Crippen LogP) is 2.78. The lowest BCUT2D eigenvalue weighted by atomic mass is 9.95. The number of amides is 2. The van der Waals surface area contributed by atoms with Crippen LogP contribution in [0.2, 0.25) is 0 Å². The highest BCUT2D eigenvalue weighted by molar-refractivity contribution is 5.96. The van der Waals surface area contributed by atoms with E-state index in [1.165, 1.54) is 7.11 Å². The highest BCUT2D eigenvalue weighted by atomic mass is 16.5. The SMILES string of the molecule is COC(=O)N1CCCC(C(=O)N(c2cccc(C#N)c2)C(C)C)C1. The van der Waals surface area contributed by atoms with E-state index in [-0.39, 0.29) is 17.9 Å². The van der Waals surface area contributed by atoms with Crippen molar-refractivity contribution in [1.29, 1.82) is 5.26 Å². The summed E-state index contributed by atoms with van der Waals surface area (Å²) >= 11 is 0. The molecule has 0 bridgehead atoms. The number of hydrogen-bond acceptors (Lipinski definition) is 4. The van der Waals surface area contributed by atoms with Crippen molar-refractivity contribution in [2.24, 2.45) is 5.92 Å². The highest BCUT2D eigenvalue weighted by Gasteiger charge is 2.33. The van der Waals surface area contributed by atoms with Gasteiger partial charge in [0.1, 0.15) is 0 Å². The van der Waals surface area contributed by atoms with Crippen molar-refractivity contribution in [1.82, 2.24) is 4.90 Å². The first-order chi connectivity index (χ1) is 11.5. The summed E-state index contributed by atoms with van der Waals surface area (Å²) in [6.45, 7) is 4.87. The van der Waals surface area contributed by atoms with Crippen molar-refractivity contribution in [3.63, 3.8) is 0 Å². The van der Waals surface area contributed by atoms with E-state index in [1.54, 1.807) is 28.0 Å². The number of carbonyl (C=O) groups is 2. The first kappa shape index (κ1) is 17.8. The van der Waals surface area contributed by atoms with Gasteiger partial charge in [-0.3, -0.25) is 4.79 Å². The molecular weight excluding hydrogens is 306 g/mol. The number of nitriles is 1. The van der Waals surface area contributed by atoms with Crippen LogP contribution in [-0.2, 0) is 9.53 Å². The van der Waals surface area contributed by atoms with Gasteiger partial charge >= 0.3 is 6.09 Å². The first-order valence-electron chi connectivity index (χ1n) is 8.14. The first-order valence-corrected chi connectivity index (χ1v) is 8.14. The Balaban J connectivity index is 2.23. The summed E-state index contributed by atoms with van der Waals surface area (Å²) in [5, 5.41) is 9.08. The molecule has 2 rings (SSSR count). The number of ether oxygens (including phenoxy) is 1. The molecule has 0 spiro atoms. The highest BCUT2D eigenvalue weighted by Crippen LogP contribution is 2.25. The summed E-state index contributed by atoms with van der Waals surface area (Å²) in [5.74, 6) is -0.278. The zero-order valence-electron chi connectivity index (χ0n) is 14.4. The average molecular weight is 329 g/mol. The fourth-order valence-electron chi connectivity index (χ4n) is 3.08. The molecule has 0 N–H and O–H groups in total. The van der Waals surface area contributed by atoms with Gasteiger partial charge in [0.15, 0.2) is 0 Å². The third kappa shape index (κ3) is 3.85. The van der Waals surface area contributed by atoms with E-state index >= 15 is 0 Å². The Bertz CT molecular complexity index is 651. The van der Waals surface area contributed by atoms with Crippen LogP contribution in [0.3, 0.4) is 0 Å². The van der Waals surface area contributed by atoms with Gasteiger partial charge in [0.05, 0.1) is 24.7 Å². The van der Waals surface area contributed by atoms with Gasteiger partial charge in [0.2, 0.25) is 5.91 Å². The van der Waals surface area contributed by atoms with Crippen molar-refractivity contribution in [2.75, 3.05) is 25.1 Å². The number of rotatable bonds is 3. The zero-order chi connectivity index (χ0) is 17.7. The minimum absolute atomic E-state index is 0.0197. The second-order valence-electron chi connectivity index (χ2n) is 6.22. The maximum atomic E-state index is 13.1. The van der Waals surface area contributed by atoms with Gasteiger partial charge in [0.25, 0.3) is 0 Å². The van der Waals surface area contributed by atoms with Gasteiger partial charge in [0, 0.05) is 24.8 Å². The summed E-state index contributed by atoms with van der Waals surface area (Å²) in [7, 11) is 1.35. The van der Waals surface area contributed by atoms with Crippen molar-refractivity contribution in [3.05, 3.63) is 29.8 Å². The molecule has 1 aliphatic rings. The molecule has 1 aromatic carbocycles. The third-order valence-electron chi connectivity index (χ3n) is 4.21. The number of methoxy groups -OCH3 is 1. The van der Waals surface area contributed by atoms with E-state index in [2.05, 4.69) is 6.07 Å². The van der Waals surface area contributed by atoms with Crippen LogP contribution in [0.25, 0.3) is 0 Å². The molecule has 1 unspecified atom stereocenters. The van der Waals surface area contributed by atoms with Crippen molar-refractivity contribution in [3.8, 4) is 6.07 Å². The van der Waals surface area contributed by atoms with E-state index in [4.69, 9.17) is 10.00 Å². The minimum atomic E-state index is -0.393. The molecule has 1 fully saturated rings. The normalized spacial score (nSPS) is 17.3. The lowest BCUT2D eigenvalue weighted by Gasteiger charge is -2.36. The van der Waals surface area contributed by atoms with Crippen molar-refractivity contribution < 1.29 is 14.3 Å². The molecular formula is C18H23N3O3. The monoisotopic (exact) mass is 329 g/mol. The Morgan fingerprint density at radius 2 is 2.17 bits per heavy atom. The maximum absolute atomic E-state index is 13.1. The Morgan fingerprint density at radius 3 is 2.79 bits per heavy atom. The summed E-state index contributed by atoms with van der Waals surface area (Å²) in [4.78, 5) is 28.1. The minimum Gasteiger partial charge on any atom is -0.453 e. The van der Waals surface area contributed by atoms with Crippen molar-refractivity contribution >= 4 is 17.7 Å². The molecule has 0 saturated carbocycles. The fraction of sp³-hybridized carbons (Fsp3) is 0.500. The van der Waals surface area contributed by atoms with Crippen LogP contribution in [0.4, 0.5) is 10.5 Å². The molecule has 128 valence electrons. The number of nitrogens with zero attached hydrogens (tertiary/aromatic N) is 3. The summed E-state index contributed by atoms with van der Waals surface area (Å²) in [5.41, 5.74) is 1.23. The average Bonchev–Trinajstić information content (AvgIpc) is 2.61. The van der Waals surface area contributed by atoms with Gasteiger partial charge in [-0.2, -0.15) is 5.26 Å². The maximum Gasteiger partial charge on any atom is 0.409 e. The van der Waals surface area contributed by atoms with Crippen LogP contribution in [-0.4, -0.2) is 43.1 Å². The summed E-state index contributed by atoms with van der Waals surface area (Å²) in [6, 6.07) is 9.10. The Hall–Kier alpha value is -2.55. The number of piperidine rings is 1. The van der Waals surface area contributed by atoms with Crippen LogP contribution >= 0.6 is 0 Å².